The monoisotopic (exact) mass is 200 g/mol. The standard InChI is InChI=1S/C10H20N2O2/c11-9-5-3-4-8(9)10(14)12-6-1-2-7-13/h8-9,13H,1-7,11H2,(H,12,14). The summed E-state index contributed by atoms with van der Waals surface area (Å²) in [5.74, 6) is 0.108. The Balaban J connectivity index is 2.14. The molecule has 4 heteroatoms. The predicted molar refractivity (Wildman–Crippen MR) is 54.6 cm³/mol. The number of nitrogens with one attached hydrogen (secondary N) is 1. The van der Waals surface area contributed by atoms with Crippen LogP contribution >= 0.6 is 0 Å². The predicted octanol–water partition coefficient (Wildman–Crippen LogP) is 0.00250. The number of aliphatic hydroxyl groups excluding tert-OH is 1. The molecule has 0 saturated heterocycles. The van der Waals surface area contributed by atoms with Gasteiger partial charge in [-0.25, -0.2) is 0 Å². The first-order chi connectivity index (χ1) is 6.75. The molecule has 1 fully saturated rings. The van der Waals surface area contributed by atoms with Gasteiger partial charge in [0.25, 0.3) is 0 Å². The zero-order valence-electron chi connectivity index (χ0n) is 8.54. The van der Waals surface area contributed by atoms with Crippen LogP contribution in [0.25, 0.3) is 0 Å². The van der Waals surface area contributed by atoms with Crippen LogP contribution in [0.1, 0.15) is 32.1 Å². The van der Waals surface area contributed by atoms with Crippen molar-refractivity contribution in [1.29, 1.82) is 0 Å². The molecule has 82 valence electrons. The van der Waals surface area contributed by atoms with Crippen LogP contribution in [-0.2, 0) is 4.79 Å². The molecule has 0 spiro atoms. The molecule has 0 radical (unpaired) electrons. The second-order valence-electron chi connectivity index (χ2n) is 3.92. The zero-order valence-corrected chi connectivity index (χ0v) is 8.54. The summed E-state index contributed by atoms with van der Waals surface area (Å²) in [5, 5.41) is 11.4. The molecule has 1 saturated carbocycles. The highest BCUT2D eigenvalue weighted by molar-refractivity contribution is 5.79. The van der Waals surface area contributed by atoms with E-state index in [0.717, 1.165) is 32.1 Å². The first kappa shape index (κ1) is 11.5. The van der Waals surface area contributed by atoms with Crippen LogP contribution in [0.2, 0.25) is 0 Å². The van der Waals surface area contributed by atoms with Crippen molar-refractivity contribution in [1.82, 2.24) is 5.32 Å². The lowest BCUT2D eigenvalue weighted by molar-refractivity contribution is -0.125. The largest absolute Gasteiger partial charge is 0.396 e. The first-order valence-corrected chi connectivity index (χ1v) is 5.40. The van der Waals surface area contributed by atoms with Crippen LogP contribution in [0, 0.1) is 5.92 Å². The SMILES string of the molecule is NC1CCCC1C(=O)NCCCCO. The van der Waals surface area contributed by atoms with E-state index in [0.29, 0.717) is 6.54 Å². The number of rotatable bonds is 5. The van der Waals surface area contributed by atoms with Gasteiger partial charge in [-0.05, 0) is 25.7 Å². The molecule has 1 rings (SSSR count). The van der Waals surface area contributed by atoms with Crippen molar-refractivity contribution in [3.05, 3.63) is 0 Å². The Labute approximate surface area is 84.9 Å². The van der Waals surface area contributed by atoms with Gasteiger partial charge in [-0.1, -0.05) is 6.42 Å². The molecule has 0 aliphatic heterocycles. The summed E-state index contributed by atoms with van der Waals surface area (Å²) in [6.45, 7) is 0.849. The van der Waals surface area contributed by atoms with Gasteiger partial charge >= 0.3 is 0 Å². The maximum atomic E-state index is 11.6. The molecule has 0 aromatic carbocycles. The Morgan fingerprint density at radius 3 is 2.79 bits per heavy atom. The minimum absolute atomic E-state index is 0.0177. The van der Waals surface area contributed by atoms with E-state index >= 15 is 0 Å². The second-order valence-corrected chi connectivity index (χ2v) is 3.92. The van der Waals surface area contributed by atoms with Gasteiger partial charge in [-0.15, -0.1) is 0 Å². The number of hydrogen-bond donors (Lipinski definition) is 3. The van der Waals surface area contributed by atoms with E-state index in [1.165, 1.54) is 0 Å². The van der Waals surface area contributed by atoms with Crippen LogP contribution in [0.4, 0.5) is 0 Å². The van der Waals surface area contributed by atoms with Gasteiger partial charge in [0.1, 0.15) is 0 Å². The van der Waals surface area contributed by atoms with Crippen molar-refractivity contribution in [2.24, 2.45) is 11.7 Å². The molecule has 4 nitrogen and oxygen atoms in total. The molecule has 1 amide bonds. The Kier molecular flexibility index (Phi) is 4.90. The molecule has 0 bridgehead atoms. The smallest absolute Gasteiger partial charge is 0.224 e. The molecule has 14 heavy (non-hydrogen) atoms. The van der Waals surface area contributed by atoms with Crippen LogP contribution in [0.15, 0.2) is 0 Å². The Bertz CT molecular complexity index is 185. The van der Waals surface area contributed by atoms with Gasteiger partial charge in [0.05, 0.1) is 5.92 Å². The van der Waals surface area contributed by atoms with Gasteiger partial charge < -0.3 is 16.2 Å². The third-order valence-electron chi connectivity index (χ3n) is 2.79. The molecule has 1 aliphatic carbocycles. The number of aliphatic hydroxyl groups is 1. The number of amides is 1. The topological polar surface area (TPSA) is 75.4 Å². The Morgan fingerprint density at radius 1 is 1.43 bits per heavy atom. The maximum absolute atomic E-state index is 11.6. The quantitative estimate of drug-likeness (QED) is 0.547. The van der Waals surface area contributed by atoms with E-state index in [9.17, 15) is 4.79 Å². The molecule has 0 heterocycles. The number of unbranched alkanes of at least 4 members (excludes halogenated alkanes) is 1. The molecule has 2 unspecified atom stereocenters. The van der Waals surface area contributed by atoms with E-state index in [-0.39, 0.29) is 24.5 Å². The van der Waals surface area contributed by atoms with Gasteiger partial charge in [0.15, 0.2) is 0 Å². The number of carbonyl (C=O) groups excluding carboxylic acids is 1. The number of nitrogens with two attached hydrogens (primary N) is 1. The van der Waals surface area contributed by atoms with Crippen molar-refractivity contribution < 1.29 is 9.90 Å². The fraction of sp³-hybridized carbons (Fsp3) is 0.900. The third kappa shape index (κ3) is 3.27. The molecular formula is C10H20N2O2. The number of hydrogen-bond acceptors (Lipinski definition) is 3. The summed E-state index contributed by atoms with van der Waals surface area (Å²) >= 11 is 0. The van der Waals surface area contributed by atoms with Crippen LogP contribution in [0.5, 0.6) is 0 Å². The van der Waals surface area contributed by atoms with Gasteiger partial charge in [0, 0.05) is 19.2 Å². The zero-order chi connectivity index (χ0) is 10.4. The Morgan fingerprint density at radius 2 is 2.21 bits per heavy atom. The molecule has 0 aromatic heterocycles. The molecule has 0 aromatic rings. The first-order valence-electron chi connectivity index (χ1n) is 5.40. The second kappa shape index (κ2) is 5.98. The fourth-order valence-electron chi connectivity index (χ4n) is 1.89. The van der Waals surface area contributed by atoms with Gasteiger partial charge in [0.2, 0.25) is 5.91 Å². The van der Waals surface area contributed by atoms with Crippen LogP contribution in [0.3, 0.4) is 0 Å². The molecule has 2 atom stereocenters. The average Bonchev–Trinajstić information content (AvgIpc) is 2.59. The summed E-state index contributed by atoms with van der Waals surface area (Å²) in [4.78, 5) is 11.6. The van der Waals surface area contributed by atoms with Crippen molar-refractivity contribution >= 4 is 5.91 Å². The molecule has 1 aliphatic rings. The van der Waals surface area contributed by atoms with E-state index in [1.807, 2.05) is 0 Å². The van der Waals surface area contributed by atoms with Crippen LogP contribution < -0.4 is 11.1 Å². The summed E-state index contributed by atoms with van der Waals surface area (Å²) < 4.78 is 0. The summed E-state index contributed by atoms with van der Waals surface area (Å²) in [5.41, 5.74) is 5.81. The van der Waals surface area contributed by atoms with Gasteiger partial charge in [-0.3, -0.25) is 4.79 Å². The van der Waals surface area contributed by atoms with E-state index in [2.05, 4.69) is 5.32 Å². The summed E-state index contributed by atoms with van der Waals surface area (Å²) in [6, 6.07) is 0.0489. The van der Waals surface area contributed by atoms with Crippen LogP contribution in [-0.4, -0.2) is 30.2 Å². The third-order valence-corrected chi connectivity index (χ3v) is 2.79. The highest BCUT2D eigenvalue weighted by Crippen LogP contribution is 2.23. The fourth-order valence-corrected chi connectivity index (χ4v) is 1.89. The minimum atomic E-state index is 0.0177. The molecular weight excluding hydrogens is 180 g/mol. The minimum Gasteiger partial charge on any atom is -0.396 e. The van der Waals surface area contributed by atoms with Crippen molar-refractivity contribution in [2.45, 2.75) is 38.1 Å². The maximum Gasteiger partial charge on any atom is 0.224 e. The van der Waals surface area contributed by atoms with E-state index in [4.69, 9.17) is 10.8 Å². The highest BCUT2D eigenvalue weighted by Gasteiger charge is 2.29. The lowest BCUT2D eigenvalue weighted by Gasteiger charge is -2.14. The van der Waals surface area contributed by atoms with Crippen molar-refractivity contribution in [2.75, 3.05) is 13.2 Å². The summed E-state index contributed by atoms with van der Waals surface area (Å²) in [7, 11) is 0. The molecule has 4 N–H and O–H groups in total. The lowest BCUT2D eigenvalue weighted by Crippen LogP contribution is -2.38. The number of carbonyl (C=O) groups is 1. The van der Waals surface area contributed by atoms with Crippen molar-refractivity contribution in [3.8, 4) is 0 Å². The highest BCUT2D eigenvalue weighted by atomic mass is 16.2. The Hall–Kier alpha value is -0.610. The van der Waals surface area contributed by atoms with Gasteiger partial charge in [-0.2, -0.15) is 0 Å². The van der Waals surface area contributed by atoms with E-state index in [1.54, 1.807) is 0 Å². The summed E-state index contributed by atoms with van der Waals surface area (Å²) in [6.07, 6.45) is 4.54. The van der Waals surface area contributed by atoms with Crippen molar-refractivity contribution in [3.63, 3.8) is 0 Å². The average molecular weight is 200 g/mol. The normalized spacial score (nSPS) is 26.4. The lowest BCUT2D eigenvalue weighted by atomic mass is 10.0. The van der Waals surface area contributed by atoms with E-state index < -0.39 is 0 Å².